The van der Waals surface area contributed by atoms with Crippen LogP contribution in [0.5, 0.6) is 5.75 Å². The minimum atomic E-state index is -3.45. The highest BCUT2D eigenvalue weighted by molar-refractivity contribution is 7.91. The van der Waals surface area contributed by atoms with Crippen molar-refractivity contribution in [3.63, 3.8) is 0 Å². The summed E-state index contributed by atoms with van der Waals surface area (Å²) in [5.41, 5.74) is 0.744. The zero-order chi connectivity index (χ0) is 13.2. The maximum absolute atomic E-state index is 12.4. The molecule has 0 unspecified atom stereocenters. The van der Waals surface area contributed by atoms with E-state index >= 15 is 0 Å². The molecular formula is C14H14O3S. The molecule has 0 aromatic heterocycles. The van der Waals surface area contributed by atoms with Crippen molar-refractivity contribution in [1.29, 1.82) is 0 Å². The third-order valence-electron chi connectivity index (χ3n) is 2.75. The highest BCUT2D eigenvalue weighted by atomic mass is 32.2. The van der Waals surface area contributed by atoms with Crippen molar-refractivity contribution in [2.75, 3.05) is 7.11 Å². The van der Waals surface area contributed by atoms with Crippen molar-refractivity contribution in [3.8, 4) is 5.75 Å². The van der Waals surface area contributed by atoms with Gasteiger partial charge in [-0.1, -0.05) is 18.2 Å². The molecule has 0 aliphatic carbocycles. The van der Waals surface area contributed by atoms with Gasteiger partial charge in [-0.2, -0.15) is 0 Å². The molecule has 0 bridgehead atoms. The molecule has 94 valence electrons. The fourth-order valence-electron chi connectivity index (χ4n) is 1.74. The van der Waals surface area contributed by atoms with Gasteiger partial charge in [-0.3, -0.25) is 0 Å². The van der Waals surface area contributed by atoms with Crippen molar-refractivity contribution in [1.82, 2.24) is 0 Å². The van der Waals surface area contributed by atoms with Gasteiger partial charge in [-0.15, -0.1) is 0 Å². The second-order valence-electron chi connectivity index (χ2n) is 3.94. The number of ether oxygens (including phenoxy) is 1. The average Bonchev–Trinajstić information content (AvgIpc) is 2.39. The molecule has 0 aliphatic heterocycles. The molecule has 2 aromatic carbocycles. The van der Waals surface area contributed by atoms with Gasteiger partial charge in [0.2, 0.25) is 9.84 Å². The van der Waals surface area contributed by atoms with Crippen molar-refractivity contribution in [3.05, 3.63) is 54.1 Å². The molecule has 2 rings (SSSR count). The molecule has 0 fully saturated rings. The maximum atomic E-state index is 12.4. The normalized spacial score (nSPS) is 11.2. The van der Waals surface area contributed by atoms with E-state index < -0.39 is 9.84 Å². The molecule has 0 spiro atoms. The van der Waals surface area contributed by atoms with E-state index in [1.165, 1.54) is 0 Å². The van der Waals surface area contributed by atoms with Crippen LogP contribution < -0.4 is 4.74 Å². The van der Waals surface area contributed by atoms with Gasteiger partial charge in [0.1, 0.15) is 5.75 Å². The predicted octanol–water partition coefficient (Wildman–Crippen LogP) is 2.84. The standard InChI is InChI=1S/C14H14O3S/c1-11-5-3-4-6-14(11)18(15,16)13-9-7-12(17-2)8-10-13/h3-10H,1-2H3. The Hall–Kier alpha value is -1.81. The van der Waals surface area contributed by atoms with Crippen LogP contribution in [0.4, 0.5) is 0 Å². The lowest BCUT2D eigenvalue weighted by atomic mass is 10.2. The highest BCUT2D eigenvalue weighted by Crippen LogP contribution is 2.25. The topological polar surface area (TPSA) is 43.4 Å². The van der Waals surface area contributed by atoms with E-state index in [2.05, 4.69) is 0 Å². The molecule has 18 heavy (non-hydrogen) atoms. The van der Waals surface area contributed by atoms with E-state index in [1.54, 1.807) is 56.5 Å². The molecular weight excluding hydrogens is 248 g/mol. The number of aryl methyl sites for hydroxylation is 1. The second-order valence-corrected chi connectivity index (χ2v) is 5.86. The molecule has 0 aliphatic rings. The third-order valence-corrected chi connectivity index (χ3v) is 4.68. The number of methoxy groups -OCH3 is 1. The first kappa shape index (κ1) is 12.6. The Morgan fingerprint density at radius 1 is 0.944 bits per heavy atom. The van der Waals surface area contributed by atoms with Gasteiger partial charge in [0.05, 0.1) is 16.9 Å². The van der Waals surface area contributed by atoms with Crippen LogP contribution >= 0.6 is 0 Å². The maximum Gasteiger partial charge on any atom is 0.206 e. The van der Waals surface area contributed by atoms with Gasteiger partial charge in [0.15, 0.2) is 0 Å². The fraction of sp³-hybridized carbons (Fsp3) is 0.143. The van der Waals surface area contributed by atoms with E-state index in [1.807, 2.05) is 6.07 Å². The Morgan fingerprint density at radius 2 is 1.56 bits per heavy atom. The first-order chi connectivity index (χ1) is 8.55. The fourth-order valence-corrected chi connectivity index (χ4v) is 3.24. The number of rotatable bonds is 3. The van der Waals surface area contributed by atoms with Crippen LogP contribution in [0.1, 0.15) is 5.56 Å². The van der Waals surface area contributed by atoms with Gasteiger partial charge in [0.25, 0.3) is 0 Å². The summed E-state index contributed by atoms with van der Waals surface area (Å²) >= 11 is 0. The van der Waals surface area contributed by atoms with Crippen LogP contribution in [0.2, 0.25) is 0 Å². The lowest BCUT2D eigenvalue weighted by molar-refractivity contribution is 0.414. The summed E-state index contributed by atoms with van der Waals surface area (Å²) < 4.78 is 29.8. The van der Waals surface area contributed by atoms with E-state index in [4.69, 9.17) is 4.74 Å². The monoisotopic (exact) mass is 262 g/mol. The lowest BCUT2D eigenvalue weighted by Crippen LogP contribution is -2.03. The summed E-state index contributed by atoms with van der Waals surface area (Å²) in [7, 11) is -1.90. The van der Waals surface area contributed by atoms with Gasteiger partial charge in [-0.25, -0.2) is 8.42 Å². The molecule has 0 heterocycles. The first-order valence-corrected chi connectivity index (χ1v) is 6.99. The largest absolute Gasteiger partial charge is 0.497 e. The first-order valence-electron chi connectivity index (χ1n) is 5.50. The van der Waals surface area contributed by atoms with Gasteiger partial charge in [0, 0.05) is 0 Å². The van der Waals surface area contributed by atoms with Crippen LogP contribution in [0.15, 0.2) is 58.3 Å². The van der Waals surface area contributed by atoms with Crippen LogP contribution in [0.3, 0.4) is 0 Å². The molecule has 0 saturated carbocycles. The number of hydrogen-bond acceptors (Lipinski definition) is 3. The van der Waals surface area contributed by atoms with Crippen molar-refractivity contribution < 1.29 is 13.2 Å². The van der Waals surface area contributed by atoms with Crippen LogP contribution in [-0.4, -0.2) is 15.5 Å². The van der Waals surface area contributed by atoms with Crippen molar-refractivity contribution in [2.45, 2.75) is 16.7 Å². The molecule has 0 amide bonds. The summed E-state index contributed by atoms with van der Waals surface area (Å²) in [5.74, 6) is 0.638. The van der Waals surface area contributed by atoms with E-state index in [-0.39, 0.29) is 4.90 Å². The Balaban J connectivity index is 2.51. The van der Waals surface area contributed by atoms with Gasteiger partial charge < -0.3 is 4.74 Å². The zero-order valence-corrected chi connectivity index (χ0v) is 11.1. The highest BCUT2D eigenvalue weighted by Gasteiger charge is 2.19. The van der Waals surface area contributed by atoms with Crippen molar-refractivity contribution in [2.24, 2.45) is 0 Å². The Kier molecular flexibility index (Phi) is 3.39. The van der Waals surface area contributed by atoms with Crippen LogP contribution in [0.25, 0.3) is 0 Å². The summed E-state index contributed by atoms with van der Waals surface area (Å²) in [5, 5.41) is 0. The Labute approximate surface area is 107 Å². The van der Waals surface area contributed by atoms with Gasteiger partial charge in [-0.05, 0) is 42.8 Å². The summed E-state index contributed by atoms with van der Waals surface area (Å²) in [6.45, 7) is 1.79. The third kappa shape index (κ3) is 2.24. The Morgan fingerprint density at radius 3 is 2.11 bits per heavy atom. The minimum absolute atomic E-state index is 0.276. The predicted molar refractivity (Wildman–Crippen MR) is 69.6 cm³/mol. The molecule has 0 atom stereocenters. The smallest absolute Gasteiger partial charge is 0.206 e. The summed E-state index contributed by atoms with van der Waals surface area (Å²) in [6.07, 6.45) is 0. The zero-order valence-electron chi connectivity index (χ0n) is 10.3. The summed E-state index contributed by atoms with van der Waals surface area (Å²) in [6, 6.07) is 13.4. The minimum Gasteiger partial charge on any atom is -0.497 e. The molecule has 0 saturated heterocycles. The SMILES string of the molecule is COc1ccc(S(=O)(=O)c2ccccc2C)cc1. The number of sulfone groups is 1. The Bertz CT molecular complexity index is 643. The lowest BCUT2D eigenvalue weighted by Gasteiger charge is -2.08. The molecule has 0 N–H and O–H groups in total. The number of hydrogen-bond donors (Lipinski definition) is 0. The van der Waals surface area contributed by atoms with Gasteiger partial charge >= 0.3 is 0 Å². The van der Waals surface area contributed by atoms with Crippen molar-refractivity contribution >= 4 is 9.84 Å². The number of benzene rings is 2. The van der Waals surface area contributed by atoms with Crippen LogP contribution in [0, 0.1) is 6.92 Å². The second kappa shape index (κ2) is 4.82. The molecule has 2 aromatic rings. The average molecular weight is 262 g/mol. The van der Waals surface area contributed by atoms with Crippen LogP contribution in [-0.2, 0) is 9.84 Å². The quantitative estimate of drug-likeness (QED) is 0.854. The molecule has 4 heteroatoms. The van der Waals surface area contributed by atoms with E-state index in [0.717, 1.165) is 5.56 Å². The van der Waals surface area contributed by atoms with E-state index in [9.17, 15) is 8.42 Å². The molecule has 0 radical (unpaired) electrons. The molecule has 3 nitrogen and oxygen atoms in total. The summed E-state index contributed by atoms with van der Waals surface area (Å²) in [4.78, 5) is 0.618. The van der Waals surface area contributed by atoms with E-state index in [0.29, 0.717) is 10.6 Å².